The molecule has 0 atom stereocenters. The predicted molar refractivity (Wildman–Crippen MR) is 56.3 cm³/mol. The Morgan fingerprint density at radius 2 is 2.00 bits per heavy atom. The van der Waals surface area contributed by atoms with Gasteiger partial charge in [0.05, 0.1) is 5.69 Å². The average molecular weight is 289 g/mol. The Labute approximate surface area is 88.2 Å². The number of nitrogens with two attached hydrogens (primary N) is 1. The molecular weight excluding hydrogens is 285 g/mol. The average Bonchev–Trinajstić information content (AvgIpc) is 1.96. The van der Waals surface area contributed by atoms with E-state index in [0.717, 1.165) is 4.47 Å². The number of nitrogen functional groups attached to an aromatic ring is 1. The zero-order chi connectivity index (χ0) is 9.30. The van der Waals surface area contributed by atoms with Crippen LogP contribution in [0.3, 0.4) is 0 Å². The van der Waals surface area contributed by atoms with Crippen LogP contribution >= 0.6 is 31.9 Å². The molecule has 0 saturated carbocycles. The highest BCUT2D eigenvalue weighted by molar-refractivity contribution is 9.11. The maximum atomic E-state index is 10.8. The minimum Gasteiger partial charge on any atom is -0.397 e. The number of rotatable bonds is 1. The lowest BCUT2D eigenvalue weighted by Crippen LogP contribution is -2.03. The van der Waals surface area contributed by atoms with Gasteiger partial charge in [-0.15, -0.1) is 0 Å². The summed E-state index contributed by atoms with van der Waals surface area (Å²) in [6.45, 7) is 0. The largest absolute Gasteiger partial charge is 0.397 e. The van der Waals surface area contributed by atoms with Crippen LogP contribution in [0.2, 0.25) is 0 Å². The Morgan fingerprint density at radius 1 is 1.42 bits per heavy atom. The summed E-state index contributed by atoms with van der Waals surface area (Å²) < 4.78 is 1.42. The molecule has 1 aromatic rings. The Balaban J connectivity index is 3.37. The molecule has 5 heteroatoms. The summed E-state index contributed by atoms with van der Waals surface area (Å²) in [6, 6.07) is 3.34. The number of carbonyl (C=O) groups excluding carboxylic acids is 1. The third-order valence-corrected chi connectivity index (χ3v) is 2.47. The van der Waals surface area contributed by atoms with Crippen molar-refractivity contribution in [1.29, 1.82) is 0 Å². The second-order valence-corrected chi connectivity index (χ2v) is 3.98. The van der Waals surface area contributed by atoms with Crippen molar-refractivity contribution in [2.45, 2.75) is 0 Å². The third kappa shape index (κ3) is 1.90. The fourth-order valence-corrected chi connectivity index (χ4v) is 2.01. The van der Waals surface area contributed by atoms with Gasteiger partial charge in [-0.3, -0.25) is 0 Å². The lowest BCUT2D eigenvalue weighted by molar-refractivity contribution is 0.108. The minimum atomic E-state index is -0.533. The van der Waals surface area contributed by atoms with Gasteiger partial charge in [0, 0.05) is 14.5 Å². The van der Waals surface area contributed by atoms with E-state index in [2.05, 4.69) is 31.9 Å². The van der Waals surface area contributed by atoms with Crippen molar-refractivity contribution in [3.05, 3.63) is 26.6 Å². The maximum absolute atomic E-state index is 10.8. The zero-order valence-corrected chi connectivity index (χ0v) is 9.15. The van der Waals surface area contributed by atoms with E-state index in [4.69, 9.17) is 13.6 Å². The van der Waals surface area contributed by atoms with Gasteiger partial charge in [0.15, 0.2) is 7.85 Å². The van der Waals surface area contributed by atoms with Gasteiger partial charge in [-0.05, 0) is 28.1 Å². The molecule has 0 aliphatic heterocycles. The highest BCUT2D eigenvalue weighted by atomic mass is 79.9. The highest BCUT2D eigenvalue weighted by Crippen LogP contribution is 2.27. The molecule has 0 saturated heterocycles. The summed E-state index contributed by atoms with van der Waals surface area (Å²) in [6.07, 6.45) is 0. The molecule has 1 rings (SSSR count). The van der Waals surface area contributed by atoms with E-state index in [9.17, 15) is 4.79 Å². The third-order valence-electron chi connectivity index (χ3n) is 1.36. The molecule has 0 fully saturated rings. The lowest BCUT2D eigenvalue weighted by Gasteiger charge is -2.04. The van der Waals surface area contributed by atoms with Crippen molar-refractivity contribution >= 4 is 51.1 Å². The van der Waals surface area contributed by atoms with E-state index in [1.54, 1.807) is 12.1 Å². The summed E-state index contributed by atoms with van der Waals surface area (Å²) in [5, 5.41) is 0. The van der Waals surface area contributed by atoms with Crippen molar-refractivity contribution in [2.75, 3.05) is 5.73 Å². The molecule has 1 aromatic carbocycles. The molecular formula is C7H4BBr2NO. The maximum Gasteiger partial charge on any atom is 0.175 e. The number of halogens is 2. The molecule has 0 aliphatic rings. The summed E-state index contributed by atoms with van der Waals surface area (Å²) in [5.74, 6) is 0. The second-order valence-electron chi connectivity index (χ2n) is 2.21. The first-order valence-corrected chi connectivity index (χ1v) is 4.65. The molecule has 0 bridgehead atoms. The van der Waals surface area contributed by atoms with Gasteiger partial charge in [0.1, 0.15) is 5.68 Å². The lowest BCUT2D eigenvalue weighted by atomic mass is 9.94. The molecule has 0 amide bonds. The second kappa shape index (κ2) is 3.62. The van der Waals surface area contributed by atoms with Crippen molar-refractivity contribution in [1.82, 2.24) is 0 Å². The fourth-order valence-electron chi connectivity index (χ4n) is 0.789. The van der Waals surface area contributed by atoms with E-state index in [-0.39, 0.29) is 0 Å². The number of hydrogen-bond acceptors (Lipinski definition) is 2. The van der Waals surface area contributed by atoms with Crippen LogP contribution in [0.5, 0.6) is 0 Å². The van der Waals surface area contributed by atoms with Gasteiger partial charge < -0.3 is 10.5 Å². The normalized spacial score (nSPS) is 9.83. The molecule has 2 radical (unpaired) electrons. The summed E-state index contributed by atoms with van der Waals surface area (Å²) in [4.78, 5) is 10.8. The van der Waals surface area contributed by atoms with Gasteiger partial charge >= 0.3 is 0 Å². The predicted octanol–water partition coefficient (Wildman–Crippen LogP) is 2.10. The zero-order valence-electron chi connectivity index (χ0n) is 5.97. The molecule has 0 heterocycles. The molecule has 0 aromatic heterocycles. The Morgan fingerprint density at radius 3 is 2.50 bits per heavy atom. The SMILES string of the molecule is [B]C(=O)c1cc(Br)cc(Br)c1N. The van der Waals surface area contributed by atoms with Crippen LogP contribution in [-0.2, 0) is 0 Å². The fraction of sp³-hybridized carbons (Fsp3) is 0. The number of anilines is 1. The van der Waals surface area contributed by atoms with E-state index in [0.29, 0.717) is 15.7 Å². The van der Waals surface area contributed by atoms with Crippen molar-refractivity contribution in [2.24, 2.45) is 0 Å². The van der Waals surface area contributed by atoms with Crippen molar-refractivity contribution in [3.63, 3.8) is 0 Å². The van der Waals surface area contributed by atoms with Crippen LogP contribution in [0, 0.1) is 0 Å². The van der Waals surface area contributed by atoms with Crippen LogP contribution in [0.25, 0.3) is 0 Å². The molecule has 60 valence electrons. The number of hydrogen-bond donors (Lipinski definition) is 1. The highest BCUT2D eigenvalue weighted by Gasteiger charge is 2.08. The standard InChI is InChI=1S/C7H4BBr2NO/c8-7(12)4-1-3(9)2-5(10)6(4)11/h1-2H,11H2. The van der Waals surface area contributed by atoms with E-state index in [1.165, 1.54) is 0 Å². The quantitative estimate of drug-likeness (QED) is 0.635. The monoisotopic (exact) mass is 287 g/mol. The minimum absolute atomic E-state index is 0.316. The van der Waals surface area contributed by atoms with Gasteiger partial charge in [-0.2, -0.15) is 0 Å². The van der Waals surface area contributed by atoms with Gasteiger partial charge in [-0.25, -0.2) is 0 Å². The first-order chi connectivity index (χ1) is 5.52. The Kier molecular flexibility index (Phi) is 2.96. The van der Waals surface area contributed by atoms with Crippen LogP contribution in [0.1, 0.15) is 10.4 Å². The van der Waals surface area contributed by atoms with E-state index < -0.39 is 5.68 Å². The summed E-state index contributed by atoms with van der Waals surface area (Å²) in [7, 11) is 5.09. The van der Waals surface area contributed by atoms with E-state index >= 15 is 0 Å². The van der Waals surface area contributed by atoms with Crippen LogP contribution < -0.4 is 5.73 Å². The van der Waals surface area contributed by atoms with Crippen molar-refractivity contribution < 1.29 is 4.79 Å². The van der Waals surface area contributed by atoms with Crippen LogP contribution in [0.15, 0.2) is 21.1 Å². The first kappa shape index (κ1) is 9.80. The molecule has 12 heavy (non-hydrogen) atoms. The number of benzene rings is 1. The summed E-state index contributed by atoms with van der Waals surface area (Å²) >= 11 is 6.42. The van der Waals surface area contributed by atoms with E-state index in [1.807, 2.05) is 0 Å². The Hall–Kier alpha value is -0.285. The molecule has 0 aliphatic carbocycles. The molecule has 2 N–H and O–H groups in total. The van der Waals surface area contributed by atoms with Gasteiger partial charge in [-0.1, -0.05) is 15.9 Å². The van der Waals surface area contributed by atoms with Gasteiger partial charge in [0.25, 0.3) is 0 Å². The summed E-state index contributed by atoms with van der Waals surface area (Å²) in [5.41, 5.74) is 5.73. The van der Waals surface area contributed by atoms with Gasteiger partial charge in [0.2, 0.25) is 0 Å². The van der Waals surface area contributed by atoms with Crippen LogP contribution in [-0.4, -0.2) is 13.5 Å². The smallest absolute Gasteiger partial charge is 0.175 e. The van der Waals surface area contributed by atoms with Crippen molar-refractivity contribution in [3.8, 4) is 0 Å². The first-order valence-electron chi connectivity index (χ1n) is 3.06. The number of carbonyl (C=O) groups is 1. The Bertz CT molecular complexity index is 340. The van der Waals surface area contributed by atoms with Crippen LogP contribution in [0.4, 0.5) is 5.69 Å². The molecule has 0 spiro atoms. The molecule has 2 nitrogen and oxygen atoms in total. The topological polar surface area (TPSA) is 43.1 Å². The molecule has 0 unspecified atom stereocenters.